The number of hydrogen-bond donors (Lipinski definition) is 2. The predicted molar refractivity (Wildman–Crippen MR) is 124 cm³/mol. The van der Waals surface area contributed by atoms with E-state index in [4.69, 9.17) is 4.42 Å². The van der Waals surface area contributed by atoms with E-state index in [-0.39, 0.29) is 27.8 Å². The molecule has 11 nitrogen and oxygen atoms in total. The van der Waals surface area contributed by atoms with Crippen molar-refractivity contribution in [1.29, 1.82) is 0 Å². The maximum absolute atomic E-state index is 13.0. The molecular formula is C22H22N6O5S. The van der Waals surface area contributed by atoms with Crippen molar-refractivity contribution in [2.24, 2.45) is 0 Å². The first-order valence-corrected chi connectivity index (χ1v) is 11.7. The Morgan fingerprint density at radius 1 is 1.18 bits per heavy atom. The third-order valence-corrected chi connectivity index (χ3v) is 6.79. The quantitative estimate of drug-likeness (QED) is 0.411. The predicted octanol–water partition coefficient (Wildman–Crippen LogP) is 2.28. The lowest BCUT2D eigenvalue weighted by molar-refractivity contribution is 0.102. The van der Waals surface area contributed by atoms with Gasteiger partial charge in [-0.25, -0.2) is 17.7 Å². The average molecular weight is 483 g/mol. The SMILES string of the molecule is CCc1cc(=O)[nH]c(-n2nc(-c3ccco3)cc2NC(=O)c2ccc(S(=O)(=O)N(C)C)cc2)n1. The summed E-state index contributed by atoms with van der Waals surface area (Å²) in [6.45, 7) is 1.87. The summed E-state index contributed by atoms with van der Waals surface area (Å²) in [4.78, 5) is 32.1. The Morgan fingerprint density at radius 2 is 1.91 bits per heavy atom. The van der Waals surface area contributed by atoms with Gasteiger partial charge in [0.2, 0.25) is 16.0 Å². The molecule has 1 aromatic carbocycles. The van der Waals surface area contributed by atoms with Crippen LogP contribution in [-0.2, 0) is 16.4 Å². The number of sulfonamides is 1. The minimum absolute atomic E-state index is 0.0670. The number of carbonyl (C=O) groups is 1. The number of nitrogens with zero attached hydrogens (tertiary/aromatic N) is 4. The smallest absolute Gasteiger partial charge is 0.256 e. The fourth-order valence-corrected chi connectivity index (χ4v) is 4.03. The Kier molecular flexibility index (Phi) is 6.18. The van der Waals surface area contributed by atoms with Gasteiger partial charge in [0.1, 0.15) is 11.5 Å². The Balaban J connectivity index is 1.71. The minimum Gasteiger partial charge on any atom is -0.463 e. The van der Waals surface area contributed by atoms with Gasteiger partial charge in [0.25, 0.3) is 11.5 Å². The fraction of sp³-hybridized carbons (Fsp3) is 0.182. The summed E-state index contributed by atoms with van der Waals surface area (Å²) in [5.41, 5.74) is 0.849. The van der Waals surface area contributed by atoms with E-state index in [2.05, 4.69) is 20.4 Å². The molecule has 34 heavy (non-hydrogen) atoms. The van der Waals surface area contributed by atoms with Crippen LogP contribution in [0, 0.1) is 0 Å². The van der Waals surface area contributed by atoms with E-state index in [0.29, 0.717) is 23.6 Å². The largest absolute Gasteiger partial charge is 0.463 e. The molecule has 0 saturated carbocycles. The highest BCUT2D eigenvalue weighted by Gasteiger charge is 2.20. The zero-order valence-electron chi connectivity index (χ0n) is 18.6. The van der Waals surface area contributed by atoms with Gasteiger partial charge in [-0.15, -0.1) is 0 Å². The molecule has 0 radical (unpaired) electrons. The molecule has 0 saturated heterocycles. The highest BCUT2D eigenvalue weighted by molar-refractivity contribution is 7.89. The topological polar surface area (TPSA) is 143 Å². The molecule has 0 aliphatic heterocycles. The van der Waals surface area contributed by atoms with Gasteiger partial charge in [0.05, 0.1) is 11.2 Å². The van der Waals surface area contributed by atoms with Gasteiger partial charge in [-0.2, -0.15) is 9.78 Å². The van der Waals surface area contributed by atoms with E-state index in [1.54, 1.807) is 18.2 Å². The van der Waals surface area contributed by atoms with Gasteiger partial charge in [-0.05, 0) is 42.8 Å². The lowest BCUT2D eigenvalue weighted by Crippen LogP contribution is -2.22. The van der Waals surface area contributed by atoms with E-state index < -0.39 is 15.9 Å². The number of aryl methyl sites for hydroxylation is 1. The molecule has 3 aromatic heterocycles. The summed E-state index contributed by atoms with van der Waals surface area (Å²) in [5.74, 6) is 0.319. The van der Waals surface area contributed by atoms with Gasteiger partial charge in [-0.1, -0.05) is 6.92 Å². The Hall–Kier alpha value is -4.03. The molecule has 0 aliphatic carbocycles. The van der Waals surface area contributed by atoms with Crippen molar-refractivity contribution in [2.75, 3.05) is 19.4 Å². The first kappa shape index (κ1) is 23.1. The molecule has 1 amide bonds. The number of amides is 1. The second kappa shape index (κ2) is 9.08. The van der Waals surface area contributed by atoms with Crippen LogP contribution in [0.5, 0.6) is 0 Å². The number of H-pyrrole nitrogens is 1. The summed E-state index contributed by atoms with van der Waals surface area (Å²) >= 11 is 0. The molecule has 0 fully saturated rings. The van der Waals surface area contributed by atoms with E-state index in [1.807, 2.05) is 6.92 Å². The first-order valence-electron chi connectivity index (χ1n) is 10.3. The summed E-state index contributed by atoms with van der Waals surface area (Å²) in [6.07, 6.45) is 2.03. The molecule has 0 aliphatic rings. The van der Waals surface area contributed by atoms with Gasteiger partial charge in [0.15, 0.2) is 5.76 Å². The van der Waals surface area contributed by atoms with Crippen LogP contribution >= 0.6 is 0 Å². The molecule has 0 unspecified atom stereocenters. The van der Waals surface area contributed by atoms with Crippen LogP contribution in [0.2, 0.25) is 0 Å². The normalized spacial score (nSPS) is 11.6. The molecule has 0 spiro atoms. The lowest BCUT2D eigenvalue weighted by atomic mass is 10.2. The molecule has 12 heteroatoms. The van der Waals surface area contributed by atoms with Crippen molar-refractivity contribution >= 4 is 21.7 Å². The summed E-state index contributed by atoms with van der Waals surface area (Å²) in [6, 6.07) is 11.9. The monoisotopic (exact) mass is 482 g/mol. The number of rotatable bonds is 7. The van der Waals surface area contributed by atoms with Crippen molar-refractivity contribution < 1.29 is 17.6 Å². The molecule has 0 bridgehead atoms. The highest BCUT2D eigenvalue weighted by atomic mass is 32.2. The van der Waals surface area contributed by atoms with Gasteiger partial charge < -0.3 is 9.73 Å². The second-order valence-electron chi connectivity index (χ2n) is 7.48. The maximum atomic E-state index is 13.0. The van der Waals surface area contributed by atoms with Crippen molar-refractivity contribution in [1.82, 2.24) is 24.1 Å². The second-order valence-corrected chi connectivity index (χ2v) is 9.64. The third kappa shape index (κ3) is 4.54. The van der Waals surface area contributed by atoms with Gasteiger partial charge >= 0.3 is 0 Å². The third-order valence-electron chi connectivity index (χ3n) is 4.96. The van der Waals surface area contributed by atoms with E-state index in [1.165, 1.54) is 55.4 Å². The Morgan fingerprint density at radius 3 is 2.53 bits per heavy atom. The first-order chi connectivity index (χ1) is 16.2. The van der Waals surface area contributed by atoms with Crippen LogP contribution in [0.15, 0.2) is 68.9 Å². The van der Waals surface area contributed by atoms with E-state index in [9.17, 15) is 18.0 Å². The van der Waals surface area contributed by atoms with Crippen LogP contribution < -0.4 is 10.9 Å². The molecular weight excluding hydrogens is 460 g/mol. The van der Waals surface area contributed by atoms with Crippen molar-refractivity contribution in [3.05, 3.63) is 76.4 Å². The molecule has 4 rings (SSSR count). The number of nitrogens with one attached hydrogen (secondary N) is 2. The molecule has 176 valence electrons. The minimum atomic E-state index is -3.62. The lowest BCUT2D eigenvalue weighted by Gasteiger charge is -2.12. The molecule has 2 N–H and O–H groups in total. The fourth-order valence-electron chi connectivity index (χ4n) is 3.13. The van der Waals surface area contributed by atoms with Gasteiger partial charge in [-0.3, -0.25) is 14.6 Å². The number of hydrogen-bond acceptors (Lipinski definition) is 7. The zero-order chi connectivity index (χ0) is 24.5. The van der Waals surface area contributed by atoms with E-state index >= 15 is 0 Å². The summed E-state index contributed by atoms with van der Waals surface area (Å²) < 4.78 is 32.3. The van der Waals surface area contributed by atoms with Crippen LogP contribution in [0.1, 0.15) is 23.0 Å². The summed E-state index contributed by atoms with van der Waals surface area (Å²) in [7, 11) is -0.758. The van der Waals surface area contributed by atoms with E-state index in [0.717, 1.165) is 4.31 Å². The van der Waals surface area contributed by atoms with Crippen LogP contribution in [0.3, 0.4) is 0 Å². The van der Waals surface area contributed by atoms with Crippen molar-refractivity contribution in [3.63, 3.8) is 0 Å². The van der Waals surface area contributed by atoms with Crippen molar-refractivity contribution in [2.45, 2.75) is 18.2 Å². The highest BCUT2D eigenvalue weighted by Crippen LogP contribution is 2.24. The Labute approximate surface area is 195 Å². The van der Waals surface area contributed by atoms with Crippen LogP contribution in [0.25, 0.3) is 17.4 Å². The number of aromatic amines is 1. The Bertz CT molecular complexity index is 1490. The number of anilines is 1. The van der Waals surface area contributed by atoms with Crippen LogP contribution in [0.4, 0.5) is 5.82 Å². The van der Waals surface area contributed by atoms with Crippen LogP contribution in [-0.4, -0.2) is 52.5 Å². The maximum Gasteiger partial charge on any atom is 0.256 e. The number of benzene rings is 1. The van der Waals surface area contributed by atoms with Gasteiger partial charge in [0, 0.05) is 37.5 Å². The standard InChI is InChI=1S/C22H22N6O5S/c1-4-15-12-20(29)25-22(23-15)28-19(13-17(26-28)18-6-5-11-33-18)24-21(30)14-7-9-16(10-8-14)34(31,32)27(2)3/h5-13H,4H2,1-3H3,(H,24,30)(H,23,25,29). The number of carbonyl (C=O) groups excluding carboxylic acids is 1. The zero-order valence-corrected chi connectivity index (χ0v) is 19.5. The molecule has 0 atom stereocenters. The average Bonchev–Trinajstić information content (AvgIpc) is 3.49. The number of furan rings is 1. The number of aromatic nitrogens is 4. The molecule has 4 aromatic rings. The molecule has 3 heterocycles. The van der Waals surface area contributed by atoms with Crippen molar-refractivity contribution in [3.8, 4) is 17.4 Å². The summed E-state index contributed by atoms with van der Waals surface area (Å²) in [5, 5.41) is 7.19.